The molecule has 1 heterocycles. The van der Waals surface area contributed by atoms with Crippen LogP contribution in [-0.2, 0) is 6.42 Å². The van der Waals surface area contributed by atoms with Gasteiger partial charge in [-0.3, -0.25) is 0 Å². The van der Waals surface area contributed by atoms with Crippen LogP contribution in [0.25, 0.3) is 0 Å². The standard InChI is InChI=1S/C17H20F2N4O/c18-16(19)13-5-3-6-14(11-13)23-17(24)22-8-2-1-4-12-7-9-21-15(20)10-12/h3,5-7,9-11,16H,1-2,4,8H2,(H2,20,21)(H2,22,23,24). The normalized spacial score (nSPS) is 10.6. The van der Waals surface area contributed by atoms with Crippen molar-refractivity contribution in [3.05, 3.63) is 53.7 Å². The van der Waals surface area contributed by atoms with E-state index in [0.29, 0.717) is 18.1 Å². The van der Waals surface area contributed by atoms with E-state index < -0.39 is 12.5 Å². The third-order valence-corrected chi connectivity index (χ3v) is 3.42. The molecule has 0 aliphatic heterocycles. The Kier molecular flexibility index (Phi) is 6.48. The van der Waals surface area contributed by atoms with Gasteiger partial charge in [0.1, 0.15) is 5.82 Å². The molecular formula is C17H20F2N4O. The molecule has 24 heavy (non-hydrogen) atoms. The largest absolute Gasteiger partial charge is 0.384 e. The van der Waals surface area contributed by atoms with Gasteiger partial charge >= 0.3 is 6.03 Å². The number of carbonyl (C=O) groups excluding carboxylic acids is 1. The van der Waals surface area contributed by atoms with Crippen molar-refractivity contribution in [3.8, 4) is 0 Å². The lowest BCUT2D eigenvalue weighted by Crippen LogP contribution is -2.29. The number of alkyl halides is 2. The van der Waals surface area contributed by atoms with E-state index in [1.165, 1.54) is 18.2 Å². The maximum Gasteiger partial charge on any atom is 0.319 e. The lowest BCUT2D eigenvalue weighted by atomic mass is 10.1. The molecule has 5 nitrogen and oxygen atoms in total. The summed E-state index contributed by atoms with van der Waals surface area (Å²) in [5.74, 6) is 0.496. The van der Waals surface area contributed by atoms with Crippen LogP contribution in [0.1, 0.15) is 30.4 Å². The zero-order chi connectivity index (χ0) is 17.4. The summed E-state index contributed by atoms with van der Waals surface area (Å²) < 4.78 is 25.2. The zero-order valence-electron chi connectivity index (χ0n) is 13.1. The number of anilines is 2. The molecular weight excluding hydrogens is 314 g/mol. The minimum Gasteiger partial charge on any atom is -0.384 e. The van der Waals surface area contributed by atoms with E-state index in [4.69, 9.17) is 5.73 Å². The van der Waals surface area contributed by atoms with E-state index >= 15 is 0 Å². The van der Waals surface area contributed by atoms with Crippen molar-refractivity contribution in [2.75, 3.05) is 17.6 Å². The van der Waals surface area contributed by atoms with Gasteiger partial charge in [-0.15, -0.1) is 0 Å². The number of urea groups is 1. The fraction of sp³-hybridized carbons (Fsp3) is 0.294. The number of amides is 2. The first kappa shape index (κ1) is 17.7. The van der Waals surface area contributed by atoms with Gasteiger partial charge in [0, 0.05) is 24.0 Å². The molecule has 0 atom stereocenters. The van der Waals surface area contributed by atoms with Crippen LogP contribution in [0.2, 0.25) is 0 Å². The third-order valence-electron chi connectivity index (χ3n) is 3.42. The average molecular weight is 334 g/mol. The maximum absolute atomic E-state index is 12.6. The molecule has 4 N–H and O–H groups in total. The van der Waals surface area contributed by atoms with Gasteiger partial charge in [-0.1, -0.05) is 12.1 Å². The number of carbonyl (C=O) groups is 1. The van der Waals surface area contributed by atoms with Crippen molar-refractivity contribution in [3.63, 3.8) is 0 Å². The molecule has 128 valence electrons. The van der Waals surface area contributed by atoms with E-state index in [1.807, 2.05) is 12.1 Å². The Labute approximate surface area is 139 Å². The van der Waals surface area contributed by atoms with Crippen molar-refractivity contribution < 1.29 is 13.6 Å². The molecule has 0 saturated heterocycles. The number of nitrogens with two attached hydrogens (primary N) is 1. The van der Waals surface area contributed by atoms with Gasteiger partial charge in [-0.2, -0.15) is 0 Å². The van der Waals surface area contributed by atoms with E-state index in [0.717, 1.165) is 24.8 Å². The highest BCUT2D eigenvalue weighted by Crippen LogP contribution is 2.21. The minimum atomic E-state index is -2.56. The van der Waals surface area contributed by atoms with Gasteiger partial charge < -0.3 is 16.4 Å². The number of halogens is 2. The Hall–Kier alpha value is -2.70. The first-order valence-corrected chi connectivity index (χ1v) is 7.68. The van der Waals surface area contributed by atoms with Crippen LogP contribution in [0.3, 0.4) is 0 Å². The molecule has 0 aliphatic carbocycles. The number of benzene rings is 1. The van der Waals surface area contributed by atoms with Crippen LogP contribution in [0.15, 0.2) is 42.6 Å². The first-order valence-electron chi connectivity index (χ1n) is 7.68. The van der Waals surface area contributed by atoms with Crippen molar-refractivity contribution in [2.45, 2.75) is 25.7 Å². The molecule has 1 aromatic heterocycles. The minimum absolute atomic E-state index is 0.121. The fourth-order valence-electron chi connectivity index (χ4n) is 2.23. The molecule has 2 amide bonds. The van der Waals surface area contributed by atoms with Crippen molar-refractivity contribution in [2.24, 2.45) is 0 Å². The molecule has 2 aromatic rings. The van der Waals surface area contributed by atoms with Crippen molar-refractivity contribution in [1.82, 2.24) is 10.3 Å². The van der Waals surface area contributed by atoms with E-state index in [-0.39, 0.29) is 5.56 Å². The highest BCUT2D eigenvalue weighted by Gasteiger charge is 2.08. The SMILES string of the molecule is Nc1cc(CCCCNC(=O)Nc2cccc(C(F)F)c2)ccn1. The quantitative estimate of drug-likeness (QED) is 0.675. The smallest absolute Gasteiger partial charge is 0.319 e. The lowest BCUT2D eigenvalue weighted by Gasteiger charge is -2.09. The lowest BCUT2D eigenvalue weighted by molar-refractivity contribution is 0.151. The summed E-state index contributed by atoms with van der Waals surface area (Å²) in [5.41, 5.74) is 6.94. The summed E-state index contributed by atoms with van der Waals surface area (Å²) in [5, 5.41) is 5.25. The second kappa shape index (κ2) is 8.81. The molecule has 7 heteroatoms. The predicted molar refractivity (Wildman–Crippen MR) is 90.0 cm³/mol. The number of nitrogens with zero attached hydrogens (tertiary/aromatic N) is 1. The number of hydrogen-bond donors (Lipinski definition) is 3. The summed E-state index contributed by atoms with van der Waals surface area (Å²) in [7, 11) is 0. The molecule has 2 rings (SSSR count). The van der Waals surface area contributed by atoms with E-state index in [1.54, 1.807) is 12.3 Å². The van der Waals surface area contributed by atoms with Gasteiger partial charge in [0.2, 0.25) is 0 Å². The molecule has 0 aliphatic rings. The van der Waals surface area contributed by atoms with E-state index in [2.05, 4.69) is 15.6 Å². The van der Waals surface area contributed by atoms with Crippen molar-refractivity contribution >= 4 is 17.5 Å². The Morgan fingerprint density at radius 1 is 1.21 bits per heavy atom. The molecule has 0 saturated carbocycles. The predicted octanol–water partition coefficient (Wildman–Crippen LogP) is 3.75. The number of pyridine rings is 1. The van der Waals surface area contributed by atoms with E-state index in [9.17, 15) is 13.6 Å². The monoisotopic (exact) mass is 334 g/mol. The summed E-state index contributed by atoms with van der Waals surface area (Å²) in [6, 6.07) is 8.96. The second-order valence-electron chi connectivity index (χ2n) is 5.35. The highest BCUT2D eigenvalue weighted by molar-refractivity contribution is 5.89. The van der Waals surface area contributed by atoms with Crippen LogP contribution in [0.5, 0.6) is 0 Å². The topological polar surface area (TPSA) is 80.0 Å². The van der Waals surface area contributed by atoms with Crippen LogP contribution in [0, 0.1) is 0 Å². The molecule has 0 radical (unpaired) electrons. The molecule has 0 spiro atoms. The second-order valence-corrected chi connectivity index (χ2v) is 5.35. The van der Waals surface area contributed by atoms with Gasteiger partial charge in [0.05, 0.1) is 0 Å². The van der Waals surface area contributed by atoms with Gasteiger partial charge in [-0.25, -0.2) is 18.6 Å². The number of aromatic nitrogens is 1. The molecule has 0 fully saturated rings. The number of unbranched alkanes of at least 4 members (excludes halogenated alkanes) is 1. The summed E-state index contributed by atoms with van der Waals surface area (Å²) in [6.45, 7) is 0.501. The van der Waals surface area contributed by atoms with Crippen LogP contribution < -0.4 is 16.4 Å². The van der Waals surface area contributed by atoms with Gasteiger partial charge in [-0.05, 0) is 49.1 Å². The van der Waals surface area contributed by atoms with Crippen LogP contribution >= 0.6 is 0 Å². The third kappa shape index (κ3) is 5.83. The molecule has 0 bridgehead atoms. The zero-order valence-corrected chi connectivity index (χ0v) is 13.1. The number of rotatable bonds is 7. The Morgan fingerprint density at radius 2 is 2.04 bits per heavy atom. The fourth-order valence-corrected chi connectivity index (χ4v) is 2.23. The van der Waals surface area contributed by atoms with Crippen LogP contribution in [-0.4, -0.2) is 17.6 Å². The number of aryl methyl sites for hydroxylation is 1. The average Bonchev–Trinajstić information content (AvgIpc) is 2.55. The number of nitrogen functional groups attached to an aromatic ring is 1. The maximum atomic E-state index is 12.6. The summed E-state index contributed by atoms with van der Waals surface area (Å²) in [6.07, 6.45) is 1.66. The first-order chi connectivity index (χ1) is 11.5. The van der Waals surface area contributed by atoms with Gasteiger partial charge in [0.25, 0.3) is 6.43 Å². The Morgan fingerprint density at radius 3 is 2.79 bits per heavy atom. The number of hydrogen-bond acceptors (Lipinski definition) is 3. The molecule has 1 aromatic carbocycles. The van der Waals surface area contributed by atoms with Gasteiger partial charge in [0.15, 0.2) is 0 Å². The Balaban J connectivity index is 1.67. The number of nitrogens with one attached hydrogen (secondary N) is 2. The Bertz CT molecular complexity index is 679. The van der Waals surface area contributed by atoms with Crippen LogP contribution in [0.4, 0.5) is 25.1 Å². The van der Waals surface area contributed by atoms with Crippen molar-refractivity contribution in [1.29, 1.82) is 0 Å². The molecule has 0 unspecified atom stereocenters. The highest BCUT2D eigenvalue weighted by atomic mass is 19.3. The summed E-state index contributed by atoms with van der Waals surface area (Å²) in [4.78, 5) is 15.7. The summed E-state index contributed by atoms with van der Waals surface area (Å²) >= 11 is 0.